The molecule has 1 unspecified atom stereocenters. The van der Waals surface area contributed by atoms with E-state index in [0.717, 1.165) is 5.69 Å². The molecule has 0 aliphatic carbocycles. The average molecular weight is 216 g/mol. The molecule has 0 radical (unpaired) electrons. The van der Waals surface area contributed by atoms with Gasteiger partial charge in [-0.05, 0) is 24.4 Å². The molecular weight excluding hydrogens is 204 g/mol. The maximum Gasteiger partial charge on any atom is 0.258 e. The van der Waals surface area contributed by atoms with Gasteiger partial charge in [0.05, 0.1) is 23.9 Å². The van der Waals surface area contributed by atoms with Crippen molar-refractivity contribution in [2.24, 2.45) is 0 Å². The van der Waals surface area contributed by atoms with E-state index in [2.05, 4.69) is 5.32 Å². The predicted octanol–water partition coefficient (Wildman–Crippen LogP) is 1.42. The summed E-state index contributed by atoms with van der Waals surface area (Å²) in [5.74, 6) is 0.0231. The maximum atomic E-state index is 12.2. The van der Waals surface area contributed by atoms with E-state index in [0.29, 0.717) is 18.9 Å². The smallest absolute Gasteiger partial charge is 0.258 e. The lowest BCUT2D eigenvalue weighted by Gasteiger charge is -2.23. The van der Waals surface area contributed by atoms with Crippen LogP contribution in [-0.2, 0) is 4.74 Å². The summed E-state index contributed by atoms with van der Waals surface area (Å²) >= 11 is 0. The molecule has 16 heavy (non-hydrogen) atoms. The molecule has 1 atom stereocenters. The first-order chi connectivity index (χ1) is 7.86. The van der Waals surface area contributed by atoms with Crippen molar-refractivity contribution in [3.8, 4) is 0 Å². The molecule has 0 spiro atoms. The standard InChI is InChI=1S/C12H12N2O2/c15-12-10-3-1-2-4-11(10)13-6-5-9-7-16-8-14(9)12/h1-6,9,13H,7-8H2. The summed E-state index contributed by atoms with van der Waals surface area (Å²) in [6.07, 6.45) is 3.83. The summed E-state index contributed by atoms with van der Waals surface area (Å²) < 4.78 is 5.31. The Morgan fingerprint density at radius 1 is 1.38 bits per heavy atom. The predicted molar refractivity (Wildman–Crippen MR) is 60.0 cm³/mol. The molecule has 82 valence electrons. The molecule has 1 aromatic rings. The van der Waals surface area contributed by atoms with Gasteiger partial charge in [-0.25, -0.2) is 0 Å². The summed E-state index contributed by atoms with van der Waals surface area (Å²) in [4.78, 5) is 14.0. The second-order valence-electron chi connectivity index (χ2n) is 3.89. The van der Waals surface area contributed by atoms with Crippen LogP contribution in [0.15, 0.2) is 36.5 Å². The number of rotatable bonds is 0. The number of carbonyl (C=O) groups excluding carboxylic acids is 1. The number of para-hydroxylation sites is 1. The average Bonchev–Trinajstić information content (AvgIpc) is 2.75. The van der Waals surface area contributed by atoms with Crippen molar-refractivity contribution in [3.05, 3.63) is 42.1 Å². The molecule has 1 saturated heterocycles. The Kier molecular flexibility index (Phi) is 2.15. The van der Waals surface area contributed by atoms with Gasteiger partial charge in [-0.3, -0.25) is 4.79 Å². The first-order valence-electron chi connectivity index (χ1n) is 5.27. The Hall–Kier alpha value is -1.81. The number of nitrogens with zero attached hydrogens (tertiary/aromatic N) is 1. The molecule has 3 rings (SSSR count). The van der Waals surface area contributed by atoms with Gasteiger partial charge in [0.15, 0.2) is 0 Å². The lowest BCUT2D eigenvalue weighted by molar-refractivity contribution is 0.0676. The van der Waals surface area contributed by atoms with Gasteiger partial charge < -0.3 is 15.0 Å². The first-order valence-corrected chi connectivity index (χ1v) is 5.27. The molecule has 1 fully saturated rings. The lowest BCUT2D eigenvalue weighted by atomic mass is 10.1. The number of hydrogen-bond acceptors (Lipinski definition) is 3. The zero-order chi connectivity index (χ0) is 11.0. The van der Waals surface area contributed by atoms with Gasteiger partial charge in [0.25, 0.3) is 5.91 Å². The third-order valence-corrected chi connectivity index (χ3v) is 2.89. The molecule has 0 aromatic heterocycles. The van der Waals surface area contributed by atoms with Gasteiger partial charge >= 0.3 is 0 Å². The number of benzene rings is 1. The second-order valence-corrected chi connectivity index (χ2v) is 3.89. The number of amides is 1. The van der Waals surface area contributed by atoms with Gasteiger partial charge in [-0.15, -0.1) is 0 Å². The van der Waals surface area contributed by atoms with Crippen LogP contribution in [0.25, 0.3) is 0 Å². The highest BCUT2D eigenvalue weighted by Gasteiger charge is 2.30. The molecule has 1 N–H and O–H groups in total. The second kappa shape index (κ2) is 3.64. The fourth-order valence-corrected chi connectivity index (χ4v) is 2.03. The Balaban J connectivity index is 2.07. The normalized spacial score (nSPS) is 23.1. The Labute approximate surface area is 93.5 Å². The summed E-state index contributed by atoms with van der Waals surface area (Å²) in [7, 11) is 0. The van der Waals surface area contributed by atoms with Gasteiger partial charge in [-0.2, -0.15) is 0 Å². The van der Waals surface area contributed by atoms with E-state index in [9.17, 15) is 4.79 Å². The number of anilines is 1. The maximum absolute atomic E-state index is 12.2. The molecule has 2 aliphatic rings. The number of fused-ring (bicyclic) bond motifs is 2. The zero-order valence-corrected chi connectivity index (χ0v) is 8.72. The van der Waals surface area contributed by atoms with Gasteiger partial charge in [0.2, 0.25) is 0 Å². The van der Waals surface area contributed by atoms with Gasteiger partial charge in [0.1, 0.15) is 6.73 Å². The van der Waals surface area contributed by atoms with Crippen LogP contribution in [-0.4, -0.2) is 30.2 Å². The van der Waals surface area contributed by atoms with Crippen LogP contribution < -0.4 is 5.32 Å². The Morgan fingerprint density at radius 3 is 3.19 bits per heavy atom. The number of hydrogen-bond donors (Lipinski definition) is 1. The molecular formula is C12H12N2O2. The van der Waals surface area contributed by atoms with E-state index in [1.54, 1.807) is 4.90 Å². The number of nitrogens with one attached hydrogen (secondary N) is 1. The SMILES string of the molecule is O=C1c2ccccc2NC=CC2COCN12. The van der Waals surface area contributed by atoms with Crippen LogP contribution in [0.4, 0.5) is 5.69 Å². The minimum Gasteiger partial charge on any atom is -0.361 e. The van der Waals surface area contributed by atoms with Gasteiger partial charge in [-0.1, -0.05) is 12.1 Å². The van der Waals surface area contributed by atoms with E-state index >= 15 is 0 Å². The Bertz CT molecular complexity index is 456. The third kappa shape index (κ3) is 1.39. The molecule has 1 amide bonds. The zero-order valence-electron chi connectivity index (χ0n) is 8.72. The van der Waals surface area contributed by atoms with Crippen molar-refractivity contribution in [3.63, 3.8) is 0 Å². The van der Waals surface area contributed by atoms with Crippen LogP contribution in [0.3, 0.4) is 0 Å². The highest BCUT2D eigenvalue weighted by atomic mass is 16.5. The van der Waals surface area contributed by atoms with Crippen LogP contribution in [0.5, 0.6) is 0 Å². The van der Waals surface area contributed by atoms with Crippen molar-refractivity contribution in [1.29, 1.82) is 0 Å². The van der Waals surface area contributed by atoms with E-state index in [4.69, 9.17) is 4.74 Å². The molecule has 1 aromatic carbocycles. The fraction of sp³-hybridized carbons (Fsp3) is 0.250. The molecule has 4 nitrogen and oxygen atoms in total. The largest absolute Gasteiger partial charge is 0.361 e. The summed E-state index contributed by atoms with van der Waals surface area (Å²) in [5, 5.41) is 3.12. The minimum absolute atomic E-state index is 0.0231. The van der Waals surface area contributed by atoms with Crippen LogP contribution in [0.1, 0.15) is 10.4 Å². The first kappa shape index (κ1) is 9.42. The Morgan fingerprint density at radius 2 is 2.25 bits per heavy atom. The highest BCUT2D eigenvalue weighted by Crippen LogP contribution is 2.23. The van der Waals surface area contributed by atoms with Crippen LogP contribution >= 0.6 is 0 Å². The third-order valence-electron chi connectivity index (χ3n) is 2.89. The van der Waals surface area contributed by atoms with E-state index in [1.165, 1.54) is 0 Å². The van der Waals surface area contributed by atoms with Crippen LogP contribution in [0.2, 0.25) is 0 Å². The van der Waals surface area contributed by atoms with E-state index in [-0.39, 0.29) is 11.9 Å². The quantitative estimate of drug-likeness (QED) is 0.713. The van der Waals surface area contributed by atoms with Crippen molar-refractivity contribution in [2.45, 2.75) is 6.04 Å². The monoisotopic (exact) mass is 216 g/mol. The van der Waals surface area contributed by atoms with Crippen molar-refractivity contribution < 1.29 is 9.53 Å². The van der Waals surface area contributed by atoms with Crippen LogP contribution in [0, 0.1) is 0 Å². The van der Waals surface area contributed by atoms with Crippen molar-refractivity contribution in [2.75, 3.05) is 18.7 Å². The molecule has 0 saturated carbocycles. The molecule has 2 aliphatic heterocycles. The molecule has 4 heteroatoms. The van der Waals surface area contributed by atoms with E-state index in [1.807, 2.05) is 36.5 Å². The fourth-order valence-electron chi connectivity index (χ4n) is 2.03. The van der Waals surface area contributed by atoms with E-state index < -0.39 is 0 Å². The lowest BCUT2D eigenvalue weighted by Crippen LogP contribution is -2.36. The molecule has 0 bridgehead atoms. The topological polar surface area (TPSA) is 41.6 Å². The number of ether oxygens (including phenoxy) is 1. The summed E-state index contributed by atoms with van der Waals surface area (Å²) in [6, 6.07) is 7.56. The summed E-state index contributed by atoms with van der Waals surface area (Å²) in [5.41, 5.74) is 1.54. The van der Waals surface area contributed by atoms with Gasteiger partial charge in [0, 0.05) is 0 Å². The number of carbonyl (C=O) groups is 1. The summed E-state index contributed by atoms with van der Waals surface area (Å²) in [6.45, 7) is 0.953. The highest BCUT2D eigenvalue weighted by molar-refractivity contribution is 6.00. The molecule has 2 heterocycles. The van der Waals surface area contributed by atoms with Crippen molar-refractivity contribution >= 4 is 11.6 Å². The van der Waals surface area contributed by atoms with Crippen molar-refractivity contribution in [1.82, 2.24) is 4.90 Å². The minimum atomic E-state index is 0.0231.